The summed E-state index contributed by atoms with van der Waals surface area (Å²) in [5, 5.41) is 0. The number of benzene rings is 1. The Hall–Kier alpha value is -1.31. The van der Waals surface area contributed by atoms with Gasteiger partial charge < -0.3 is 10.6 Å². The summed E-state index contributed by atoms with van der Waals surface area (Å²) < 4.78 is 25.3. The number of carbonyl (C=O) groups is 1. The van der Waals surface area contributed by atoms with Crippen LogP contribution in [0.3, 0.4) is 0 Å². The number of halogens is 1. The molecule has 1 aliphatic heterocycles. The van der Waals surface area contributed by atoms with Gasteiger partial charge in [0, 0.05) is 31.7 Å². The van der Waals surface area contributed by atoms with Gasteiger partial charge in [0.1, 0.15) is 0 Å². The van der Waals surface area contributed by atoms with Gasteiger partial charge in [0.05, 0.1) is 11.9 Å². The molecular formula is C18H30ClN3O3S. The first kappa shape index (κ1) is 22.7. The van der Waals surface area contributed by atoms with E-state index in [-0.39, 0.29) is 24.4 Å². The van der Waals surface area contributed by atoms with Crippen molar-refractivity contribution in [2.75, 3.05) is 30.7 Å². The Labute approximate surface area is 163 Å². The lowest BCUT2D eigenvalue weighted by Gasteiger charge is -2.29. The Morgan fingerprint density at radius 2 is 2.00 bits per heavy atom. The second-order valence-electron chi connectivity index (χ2n) is 7.21. The Morgan fingerprint density at radius 3 is 2.58 bits per heavy atom. The standard InChI is InChI=1S/C18H29N3O3S.ClH/c1-13(2)16(19)9-11-20(3)18(22)15-7-8-17-14(12-15)6-5-10-21(17)25(4,23)24;/h7-8,12-13,16H,5-6,9-11,19H2,1-4H3;1H. The third kappa shape index (κ3) is 5.34. The molecule has 0 aliphatic carbocycles. The quantitative estimate of drug-likeness (QED) is 0.789. The highest BCUT2D eigenvalue weighted by Gasteiger charge is 2.25. The van der Waals surface area contributed by atoms with E-state index in [9.17, 15) is 13.2 Å². The minimum atomic E-state index is -3.29. The molecule has 1 aromatic carbocycles. The third-order valence-corrected chi connectivity index (χ3v) is 5.98. The topological polar surface area (TPSA) is 83.7 Å². The number of nitrogens with two attached hydrogens (primary N) is 1. The zero-order valence-corrected chi connectivity index (χ0v) is 17.6. The number of amides is 1. The van der Waals surface area contributed by atoms with Gasteiger partial charge in [0.15, 0.2) is 0 Å². The number of anilines is 1. The predicted molar refractivity (Wildman–Crippen MR) is 109 cm³/mol. The molecule has 1 aromatic rings. The van der Waals surface area contributed by atoms with E-state index in [1.165, 1.54) is 10.6 Å². The van der Waals surface area contributed by atoms with E-state index >= 15 is 0 Å². The second-order valence-corrected chi connectivity index (χ2v) is 9.11. The smallest absolute Gasteiger partial charge is 0.253 e. The predicted octanol–water partition coefficient (Wildman–Crippen LogP) is 2.27. The van der Waals surface area contributed by atoms with E-state index in [4.69, 9.17) is 5.73 Å². The summed E-state index contributed by atoms with van der Waals surface area (Å²) in [5.74, 6) is 0.324. The van der Waals surface area contributed by atoms with Crippen LogP contribution in [0.15, 0.2) is 18.2 Å². The average molecular weight is 404 g/mol. The van der Waals surface area contributed by atoms with E-state index in [0.29, 0.717) is 30.3 Å². The molecule has 1 atom stereocenters. The summed E-state index contributed by atoms with van der Waals surface area (Å²) in [5.41, 5.74) is 8.24. The van der Waals surface area contributed by atoms with Gasteiger partial charge in [0.2, 0.25) is 10.0 Å². The molecule has 0 fully saturated rings. The highest BCUT2D eigenvalue weighted by Crippen LogP contribution is 2.30. The van der Waals surface area contributed by atoms with Crippen LogP contribution in [0.5, 0.6) is 0 Å². The Morgan fingerprint density at radius 1 is 1.35 bits per heavy atom. The zero-order valence-electron chi connectivity index (χ0n) is 15.9. The monoisotopic (exact) mass is 403 g/mol. The van der Waals surface area contributed by atoms with E-state index in [2.05, 4.69) is 13.8 Å². The molecule has 0 radical (unpaired) electrons. The number of hydrogen-bond acceptors (Lipinski definition) is 4. The lowest BCUT2D eigenvalue weighted by Crippen LogP contribution is -2.36. The molecule has 0 spiro atoms. The molecule has 8 heteroatoms. The van der Waals surface area contributed by atoms with Crippen LogP contribution < -0.4 is 10.0 Å². The minimum absolute atomic E-state index is 0. The third-order valence-electron chi connectivity index (χ3n) is 4.80. The van der Waals surface area contributed by atoms with Gasteiger partial charge in [-0.15, -0.1) is 12.4 Å². The molecule has 6 nitrogen and oxygen atoms in total. The van der Waals surface area contributed by atoms with Crippen LogP contribution in [0.1, 0.15) is 42.6 Å². The number of carbonyl (C=O) groups excluding carboxylic acids is 1. The molecule has 2 rings (SSSR count). The van der Waals surface area contributed by atoms with Crippen molar-refractivity contribution < 1.29 is 13.2 Å². The van der Waals surface area contributed by atoms with Gasteiger partial charge >= 0.3 is 0 Å². The Bertz CT molecular complexity index is 737. The summed E-state index contributed by atoms with van der Waals surface area (Å²) in [6.45, 7) is 5.24. The van der Waals surface area contributed by atoms with Gasteiger partial charge in [-0.05, 0) is 48.9 Å². The van der Waals surface area contributed by atoms with Crippen molar-refractivity contribution in [2.24, 2.45) is 11.7 Å². The van der Waals surface area contributed by atoms with E-state index in [1.807, 2.05) is 6.07 Å². The van der Waals surface area contributed by atoms with Crippen molar-refractivity contribution in [1.82, 2.24) is 4.90 Å². The van der Waals surface area contributed by atoms with Crippen LogP contribution in [0.2, 0.25) is 0 Å². The molecule has 1 unspecified atom stereocenters. The molecule has 0 saturated carbocycles. The molecule has 0 aromatic heterocycles. The van der Waals surface area contributed by atoms with Crippen LogP contribution >= 0.6 is 12.4 Å². The molecule has 26 heavy (non-hydrogen) atoms. The Balaban J connectivity index is 0.00000338. The molecule has 0 bridgehead atoms. The number of fused-ring (bicyclic) bond motifs is 1. The molecule has 1 heterocycles. The summed E-state index contributed by atoms with van der Waals surface area (Å²) >= 11 is 0. The molecule has 0 saturated heterocycles. The first-order valence-electron chi connectivity index (χ1n) is 8.73. The van der Waals surface area contributed by atoms with Gasteiger partial charge in [-0.2, -0.15) is 0 Å². The van der Waals surface area contributed by atoms with Crippen molar-refractivity contribution in [3.63, 3.8) is 0 Å². The van der Waals surface area contributed by atoms with E-state index < -0.39 is 10.0 Å². The fourth-order valence-corrected chi connectivity index (χ4v) is 4.03. The van der Waals surface area contributed by atoms with Crippen molar-refractivity contribution in [3.05, 3.63) is 29.3 Å². The van der Waals surface area contributed by atoms with Crippen LogP contribution in [-0.4, -0.2) is 51.7 Å². The maximum atomic E-state index is 12.6. The summed E-state index contributed by atoms with van der Waals surface area (Å²) in [7, 11) is -1.52. The Kier molecular flexibility index (Phi) is 7.92. The van der Waals surface area contributed by atoms with E-state index in [1.54, 1.807) is 24.1 Å². The number of sulfonamides is 1. The number of hydrogen-bond donors (Lipinski definition) is 1. The fourth-order valence-electron chi connectivity index (χ4n) is 3.04. The molecule has 1 amide bonds. The molecule has 148 valence electrons. The summed E-state index contributed by atoms with van der Waals surface area (Å²) in [4.78, 5) is 14.3. The van der Waals surface area contributed by atoms with Crippen molar-refractivity contribution >= 4 is 34.0 Å². The lowest BCUT2D eigenvalue weighted by atomic mass is 9.99. The number of nitrogens with zero attached hydrogens (tertiary/aromatic N) is 2. The van der Waals surface area contributed by atoms with Crippen LogP contribution in [0.4, 0.5) is 5.69 Å². The first-order chi connectivity index (χ1) is 11.6. The highest BCUT2D eigenvalue weighted by atomic mass is 35.5. The maximum Gasteiger partial charge on any atom is 0.253 e. The van der Waals surface area contributed by atoms with Gasteiger partial charge in [-0.25, -0.2) is 8.42 Å². The van der Waals surface area contributed by atoms with Gasteiger partial charge in [-0.3, -0.25) is 9.10 Å². The van der Waals surface area contributed by atoms with Crippen molar-refractivity contribution in [3.8, 4) is 0 Å². The largest absolute Gasteiger partial charge is 0.342 e. The average Bonchev–Trinajstić information content (AvgIpc) is 2.56. The maximum absolute atomic E-state index is 12.6. The number of rotatable bonds is 6. The van der Waals surface area contributed by atoms with E-state index in [0.717, 1.165) is 24.8 Å². The minimum Gasteiger partial charge on any atom is -0.342 e. The number of aryl methyl sites for hydroxylation is 1. The second kappa shape index (κ2) is 9.06. The van der Waals surface area contributed by atoms with Crippen LogP contribution in [0.25, 0.3) is 0 Å². The summed E-state index contributed by atoms with van der Waals surface area (Å²) in [6, 6.07) is 5.36. The molecule has 1 aliphatic rings. The molecular weight excluding hydrogens is 374 g/mol. The van der Waals surface area contributed by atoms with Gasteiger partial charge in [-0.1, -0.05) is 13.8 Å². The highest BCUT2D eigenvalue weighted by molar-refractivity contribution is 7.92. The van der Waals surface area contributed by atoms with Crippen LogP contribution in [-0.2, 0) is 16.4 Å². The molecule has 2 N–H and O–H groups in total. The van der Waals surface area contributed by atoms with Crippen LogP contribution in [0, 0.1) is 5.92 Å². The zero-order chi connectivity index (χ0) is 18.8. The van der Waals surface area contributed by atoms with Crippen molar-refractivity contribution in [1.29, 1.82) is 0 Å². The SMILES string of the molecule is CC(C)C(N)CCN(C)C(=O)c1ccc2c(c1)CCCN2S(C)(=O)=O.Cl. The van der Waals surface area contributed by atoms with Gasteiger partial charge in [0.25, 0.3) is 5.91 Å². The van der Waals surface area contributed by atoms with Crippen molar-refractivity contribution in [2.45, 2.75) is 39.2 Å². The fraction of sp³-hybridized carbons (Fsp3) is 0.611. The summed E-state index contributed by atoms with van der Waals surface area (Å²) in [6.07, 6.45) is 3.51. The normalized spacial score (nSPS) is 15.2. The lowest BCUT2D eigenvalue weighted by molar-refractivity contribution is 0.0789. The first-order valence-corrected chi connectivity index (χ1v) is 10.6.